The van der Waals surface area contributed by atoms with Crippen molar-refractivity contribution < 1.29 is 4.42 Å². The summed E-state index contributed by atoms with van der Waals surface area (Å²) in [6, 6.07) is 91.7. The lowest BCUT2D eigenvalue weighted by Gasteiger charge is -2.34. The zero-order chi connectivity index (χ0) is 46.6. The van der Waals surface area contributed by atoms with Crippen LogP contribution in [0, 0.1) is 0 Å². The number of fused-ring (bicyclic) bond motifs is 11. The van der Waals surface area contributed by atoms with Crippen molar-refractivity contribution in [1.29, 1.82) is 0 Å². The minimum absolute atomic E-state index is 0.146. The lowest BCUT2D eigenvalue weighted by Crippen LogP contribution is -2.28. The standard InChI is InChI=1S/C68H47NO/c1-67(2)59-31-18-17-29-52(59)53-38-36-50(42-61(53)67)69(49-26-13-6-14-27-49)63-32-19-33-64-65(63)58-43-56(51-28-15-16-30-55(51)66(58)70-64)46-34-37-54-57-40-45(44-20-7-3-8-21-44)35-39-60(57)68(62(54)41-46,47-22-9-4-10-23-47)48-24-11-5-12-25-48/h3-43H,1-2H3. The molecule has 12 aromatic rings. The van der Waals surface area contributed by atoms with E-state index in [4.69, 9.17) is 4.42 Å². The molecule has 0 saturated carbocycles. The van der Waals surface area contributed by atoms with Gasteiger partial charge in [-0.3, -0.25) is 0 Å². The van der Waals surface area contributed by atoms with Crippen LogP contribution in [0.15, 0.2) is 253 Å². The fourth-order valence-corrected chi connectivity index (χ4v) is 12.4. The molecule has 1 aromatic heterocycles. The predicted molar refractivity (Wildman–Crippen MR) is 292 cm³/mol. The molecule has 70 heavy (non-hydrogen) atoms. The molecule has 0 saturated heterocycles. The number of hydrogen-bond acceptors (Lipinski definition) is 2. The van der Waals surface area contributed by atoms with Crippen LogP contribution in [0.5, 0.6) is 0 Å². The highest BCUT2D eigenvalue weighted by Crippen LogP contribution is 2.58. The molecule has 0 amide bonds. The molecular weight excluding hydrogens is 847 g/mol. The van der Waals surface area contributed by atoms with Crippen LogP contribution < -0.4 is 4.90 Å². The quantitative estimate of drug-likeness (QED) is 0.158. The summed E-state index contributed by atoms with van der Waals surface area (Å²) in [5.74, 6) is 0. The lowest BCUT2D eigenvalue weighted by atomic mass is 9.67. The van der Waals surface area contributed by atoms with Crippen LogP contribution in [0.25, 0.3) is 77.2 Å². The molecule has 330 valence electrons. The maximum atomic E-state index is 7.05. The van der Waals surface area contributed by atoms with E-state index < -0.39 is 5.41 Å². The number of nitrogens with zero attached hydrogens (tertiary/aromatic N) is 1. The number of anilines is 3. The van der Waals surface area contributed by atoms with Gasteiger partial charge >= 0.3 is 0 Å². The van der Waals surface area contributed by atoms with Gasteiger partial charge in [-0.2, -0.15) is 0 Å². The van der Waals surface area contributed by atoms with Gasteiger partial charge in [0.15, 0.2) is 0 Å². The van der Waals surface area contributed by atoms with Gasteiger partial charge in [-0.15, -0.1) is 0 Å². The molecular formula is C68H47NO. The predicted octanol–water partition coefficient (Wildman–Crippen LogP) is 18.2. The van der Waals surface area contributed by atoms with E-state index in [-0.39, 0.29) is 5.41 Å². The minimum Gasteiger partial charge on any atom is -0.455 e. The van der Waals surface area contributed by atoms with Crippen LogP contribution in [0.2, 0.25) is 0 Å². The van der Waals surface area contributed by atoms with Crippen molar-refractivity contribution in [2.45, 2.75) is 24.7 Å². The van der Waals surface area contributed by atoms with Gasteiger partial charge < -0.3 is 9.32 Å². The maximum Gasteiger partial charge on any atom is 0.143 e. The molecule has 0 unspecified atom stereocenters. The van der Waals surface area contributed by atoms with Crippen LogP contribution >= 0.6 is 0 Å². The number of benzene rings is 11. The van der Waals surface area contributed by atoms with E-state index in [1.54, 1.807) is 0 Å². The third-order valence-corrected chi connectivity index (χ3v) is 15.5. The fourth-order valence-electron chi connectivity index (χ4n) is 12.4. The van der Waals surface area contributed by atoms with Gasteiger partial charge in [-0.05, 0) is 138 Å². The highest BCUT2D eigenvalue weighted by molar-refractivity contribution is 6.22. The second kappa shape index (κ2) is 15.4. The first-order valence-electron chi connectivity index (χ1n) is 24.4. The monoisotopic (exact) mass is 893 g/mol. The summed E-state index contributed by atoms with van der Waals surface area (Å²) < 4.78 is 7.05. The SMILES string of the molecule is CC1(C)c2ccccc2-c2ccc(N(c3ccccc3)c3cccc4oc5c6ccccc6c(-c6ccc7c(c6)C(c6ccccc6)(c6ccccc6)c6ccc(-c8ccccc8)cc6-7)cc5c34)cc21. The first kappa shape index (κ1) is 40.4. The average Bonchev–Trinajstić information content (AvgIpc) is 4.03. The highest BCUT2D eigenvalue weighted by Gasteiger charge is 2.46. The van der Waals surface area contributed by atoms with E-state index in [0.29, 0.717) is 0 Å². The lowest BCUT2D eigenvalue weighted by molar-refractivity contribution is 0.660. The van der Waals surface area contributed by atoms with Crippen molar-refractivity contribution in [3.8, 4) is 44.5 Å². The van der Waals surface area contributed by atoms with Crippen LogP contribution in [0.4, 0.5) is 17.1 Å². The summed E-state index contributed by atoms with van der Waals surface area (Å²) in [7, 11) is 0. The third kappa shape index (κ3) is 5.80. The van der Waals surface area contributed by atoms with Gasteiger partial charge in [0.25, 0.3) is 0 Å². The number of para-hydroxylation sites is 1. The zero-order valence-corrected chi connectivity index (χ0v) is 39.0. The van der Waals surface area contributed by atoms with Gasteiger partial charge in [-0.1, -0.05) is 208 Å². The Hall–Kier alpha value is -8.72. The first-order valence-corrected chi connectivity index (χ1v) is 24.4. The molecule has 0 spiro atoms. The molecule has 2 aliphatic rings. The first-order chi connectivity index (χ1) is 34.5. The Labute approximate surface area is 408 Å². The molecule has 0 N–H and O–H groups in total. The molecule has 0 aliphatic heterocycles. The molecule has 2 heteroatoms. The van der Waals surface area contributed by atoms with Crippen LogP contribution in [-0.4, -0.2) is 0 Å². The number of furan rings is 1. The van der Waals surface area contributed by atoms with E-state index in [1.165, 1.54) is 72.3 Å². The van der Waals surface area contributed by atoms with E-state index in [1.807, 2.05) is 0 Å². The van der Waals surface area contributed by atoms with E-state index >= 15 is 0 Å². The summed E-state index contributed by atoms with van der Waals surface area (Å²) in [6.07, 6.45) is 0. The average molecular weight is 894 g/mol. The van der Waals surface area contributed by atoms with Crippen molar-refractivity contribution in [2.75, 3.05) is 4.90 Å². The second-order valence-electron chi connectivity index (χ2n) is 19.5. The van der Waals surface area contributed by atoms with Crippen LogP contribution in [0.3, 0.4) is 0 Å². The molecule has 2 aliphatic carbocycles. The van der Waals surface area contributed by atoms with Crippen molar-refractivity contribution in [2.24, 2.45) is 0 Å². The highest BCUT2D eigenvalue weighted by atomic mass is 16.3. The van der Waals surface area contributed by atoms with Crippen molar-refractivity contribution >= 4 is 49.8 Å². The van der Waals surface area contributed by atoms with Gasteiger partial charge in [0.1, 0.15) is 11.2 Å². The Bertz CT molecular complexity index is 3980. The Kier molecular flexibility index (Phi) is 8.88. The topological polar surface area (TPSA) is 16.4 Å². The summed E-state index contributed by atoms with van der Waals surface area (Å²) in [6.45, 7) is 4.71. The summed E-state index contributed by atoms with van der Waals surface area (Å²) in [4.78, 5) is 2.43. The largest absolute Gasteiger partial charge is 0.455 e. The van der Waals surface area contributed by atoms with Crippen LogP contribution in [-0.2, 0) is 10.8 Å². The zero-order valence-electron chi connectivity index (χ0n) is 39.0. The van der Waals surface area contributed by atoms with Gasteiger partial charge in [0, 0.05) is 27.6 Å². The van der Waals surface area contributed by atoms with Crippen LogP contribution in [0.1, 0.15) is 47.2 Å². The van der Waals surface area contributed by atoms with Crippen molar-refractivity contribution in [3.63, 3.8) is 0 Å². The molecule has 2 nitrogen and oxygen atoms in total. The van der Waals surface area contributed by atoms with Gasteiger partial charge in [-0.25, -0.2) is 0 Å². The Balaban J connectivity index is 1.02. The summed E-state index contributed by atoms with van der Waals surface area (Å²) in [5, 5.41) is 4.42. The molecule has 0 atom stereocenters. The smallest absolute Gasteiger partial charge is 0.143 e. The minimum atomic E-state index is -0.560. The van der Waals surface area contributed by atoms with E-state index in [2.05, 4.69) is 267 Å². The molecule has 0 bridgehead atoms. The molecule has 14 rings (SSSR count). The maximum absolute atomic E-state index is 7.05. The van der Waals surface area contributed by atoms with Gasteiger partial charge in [0.05, 0.1) is 16.5 Å². The van der Waals surface area contributed by atoms with Crippen molar-refractivity contribution in [3.05, 3.63) is 282 Å². The molecule has 11 aromatic carbocycles. The second-order valence-corrected chi connectivity index (χ2v) is 19.5. The normalized spacial score (nSPS) is 13.8. The summed E-state index contributed by atoms with van der Waals surface area (Å²) >= 11 is 0. The Morgan fingerprint density at radius 2 is 0.957 bits per heavy atom. The third-order valence-electron chi connectivity index (χ3n) is 15.5. The molecule has 0 radical (unpaired) electrons. The fraction of sp³-hybridized carbons (Fsp3) is 0.0588. The Morgan fingerprint density at radius 1 is 0.343 bits per heavy atom. The van der Waals surface area contributed by atoms with Crippen molar-refractivity contribution in [1.82, 2.24) is 0 Å². The number of rotatable bonds is 7. The van der Waals surface area contributed by atoms with E-state index in [0.717, 1.165) is 55.3 Å². The summed E-state index contributed by atoms with van der Waals surface area (Å²) in [5.41, 5.74) is 22.0. The van der Waals surface area contributed by atoms with E-state index in [9.17, 15) is 0 Å². The molecule has 0 fully saturated rings. The number of hydrogen-bond donors (Lipinski definition) is 0. The Morgan fingerprint density at radius 3 is 1.71 bits per heavy atom. The molecule has 1 heterocycles. The van der Waals surface area contributed by atoms with Gasteiger partial charge in [0.2, 0.25) is 0 Å².